The Labute approximate surface area is 177 Å². The van der Waals surface area contributed by atoms with Crippen molar-refractivity contribution in [3.8, 4) is 17.4 Å². The second-order valence-electron chi connectivity index (χ2n) is 7.81. The standard InChI is InChI=1S/C22H29ClN2O4/c1-6-7-16-8-10-19(18(23)12-16)28-20-11-9-17(13-24-20)27-14-15(2)25-21(26)29-22(3,4)5/h8-13,15H,6-7,14H2,1-5H3,(H,25,26). The van der Waals surface area contributed by atoms with E-state index in [1.165, 1.54) is 5.56 Å². The summed E-state index contributed by atoms with van der Waals surface area (Å²) < 4.78 is 16.6. The summed E-state index contributed by atoms with van der Waals surface area (Å²) in [6.07, 6.45) is 3.13. The number of carbonyl (C=O) groups excluding carboxylic acids is 1. The van der Waals surface area contributed by atoms with Crippen LogP contribution in [0, 0.1) is 0 Å². The number of ether oxygens (including phenoxy) is 3. The maximum absolute atomic E-state index is 11.8. The van der Waals surface area contributed by atoms with Crippen molar-refractivity contribution >= 4 is 17.7 Å². The zero-order chi connectivity index (χ0) is 21.4. The van der Waals surface area contributed by atoms with Gasteiger partial charge < -0.3 is 19.5 Å². The zero-order valence-corrected chi connectivity index (χ0v) is 18.4. The normalized spacial score (nSPS) is 12.2. The number of aromatic nitrogens is 1. The smallest absolute Gasteiger partial charge is 0.407 e. The molecule has 0 bridgehead atoms. The topological polar surface area (TPSA) is 69.7 Å². The number of amides is 1. The molecule has 1 aromatic heterocycles. The molecule has 1 amide bonds. The summed E-state index contributed by atoms with van der Waals surface area (Å²) in [5.41, 5.74) is 0.638. The summed E-state index contributed by atoms with van der Waals surface area (Å²) in [5, 5.41) is 3.28. The molecule has 2 aromatic rings. The minimum absolute atomic E-state index is 0.221. The lowest BCUT2D eigenvalue weighted by molar-refractivity contribution is 0.0494. The first-order valence-electron chi connectivity index (χ1n) is 9.71. The molecule has 2 rings (SSSR count). The first kappa shape index (κ1) is 22.8. The number of hydrogen-bond donors (Lipinski definition) is 1. The number of rotatable bonds is 8. The van der Waals surface area contributed by atoms with Gasteiger partial charge in [0.15, 0.2) is 0 Å². The summed E-state index contributed by atoms with van der Waals surface area (Å²) in [7, 11) is 0. The molecule has 29 heavy (non-hydrogen) atoms. The highest BCUT2D eigenvalue weighted by molar-refractivity contribution is 6.32. The number of hydrogen-bond acceptors (Lipinski definition) is 5. The third-order valence-corrected chi connectivity index (χ3v) is 4.02. The van der Waals surface area contributed by atoms with Gasteiger partial charge in [0.05, 0.1) is 17.3 Å². The van der Waals surface area contributed by atoms with Crippen LogP contribution in [-0.4, -0.2) is 29.3 Å². The third-order valence-electron chi connectivity index (χ3n) is 3.72. The van der Waals surface area contributed by atoms with Crippen LogP contribution in [0.5, 0.6) is 17.4 Å². The van der Waals surface area contributed by atoms with Gasteiger partial charge in [0.25, 0.3) is 0 Å². The Morgan fingerprint density at radius 1 is 1.24 bits per heavy atom. The molecule has 0 saturated carbocycles. The molecule has 0 fully saturated rings. The molecule has 0 aliphatic heterocycles. The van der Waals surface area contributed by atoms with Gasteiger partial charge in [-0.1, -0.05) is 31.0 Å². The quantitative estimate of drug-likeness (QED) is 0.586. The van der Waals surface area contributed by atoms with Gasteiger partial charge in [-0.15, -0.1) is 0 Å². The highest BCUT2D eigenvalue weighted by atomic mass is 35.5. The number of carbonyl (C=O) groups is 1. The van der Waals surface area contributed by atoms with E-state index in [0.717, 1.165) is 12.8 Å². The van der Waals surface area contributed by atoms with Crippen LogP contribution in [0.3, 0.4) is 0 Å². The highest BCUT2D eigenvalue weighted by Gasteiger charge is 2.17. The van der Waals surface area contributed by atoms with Gasteiger partial charge in [0, 0.05) is 6.07 Å². The van der Waals surface area contributed by atoms with E-state index in [9.17, 15) is 4.79 Å². The fraction of sp³-hybridized carbons (Fsp3) is 0.455. The minimum atomic E-state index is -0.538. The van der Waals surface area contributed by atoms with E-state index in [1.807, 2.05) is 45.9 Å². The van der Waals surface area contributed by atoms with Crippen molar-refractivity contribution < 1.29 is 19.0 Å². The molecular weight excluding hydrogens is 392 g/mol. The number of nitrogens with one attached hydrogen (secondary N) is 1. The van der Waals surface area contributed by atoms with E-state index in [1.54, 1.807) is 18.3 Å². The minimum Gasteiger partial charge on any atom is -0.490 e. The van der Waals surface area contributed by atoms with Crippen molar-refractivity contribution in [2.24, 2.45) is 0 Å². The first-order valence-corrected chi connectivity index (χ1v) is 10.1. The summed E-state index contributed by atoms with van der Waals surface area (Å²) in [5.74, 6) is 1.55. The molecule has 0 aliphatic carbocycles. The van der Waals surface area contributed by atoms with Gasteiger partial charge in [-0.3, -0.25) is 0 Å². The lowest BCUT2D eigenvalue weighted by atomic mass is 10.1. The monoisotopic (exact) mass is 420 g/mol. The molecule has 1 heterocycles. The van der Waals surface area contributed by atoms with Gasteiger partial charge in [-0.25, -0.2) is 9.78 Å². The molecular formula is C22H29ClN2O4. The number of nitrogens with zero attached hydrogens (tertiary/aromatic N) is 1. The summed E-state index contributed by atoms with van der Waals surface area (Å²) in [6.45, 7) is 9.69. The molecule has 1 aromatic carbocycles. The first-order chi connectivity index (χ1) is 13.7. The molecule has 1 N–H and O–H groups in total. The van der Waals surface area contributed by atoms with E-state index in [0.29, 0.717) is 22.4 Å². The van der Waals surface area contributed by atoms with E-state index < -0.39 is 11.7 Å². The summed E-state index contributed by atoms with van der Waals surface area (Å²) in [6, 6.07) is 9.00. The molecule has 1 unspecified atom stereocenters. The maximum atomic E-state index is 11.8. The number of halogens is 1. The van der Waals surface area contributed by atoms with E-state index in [4.69, 9.17) is 25.8 Å². The molecule has 158 valence electrons. The Balaban J connectivity index is 1.85. The fourth-order valence-corrected chi connectivity index (χ4v) is 2.71. The molecule has 6 nitrogen and oxygen atoms in total. The van der Waals surface area contributed by atoms with Crippen LogP contribution in [0.25, 0.3) is 0 Å². The lowest BCUT2D eigenvalue weighted by Crippen LogP contribution is -2.40. The molecule has 0 radical (unpaired) electrons. The number of benzene rings is 1. The molecule has 7 heteroatoms. The van der Waals surface area contributed by atoms with Crippen LogP contribution in [0.4, 0.5) is 4.79 Å². The Morgan fingerprint density at radius 2 is 2.00 bits per heavy atom. The Hall–Kier alpha value is -2.47. The molecule has 0 saturated heterocycles. The largest absolute Gasteiger partial charge is 0.490 e. The number of alkyl carbamates (subject to hydrolysis) is 1. The average Bonchev–Trinajstić information content (AvgIpc) is 2.62. The fourth-order valence-electron chi connectivity index (χ4n) is 2.47. The van der Waals surface area contributed by atoms with Crippen LogP contribution < -0.4 is 14.8 Å². The van der Waals surface area contributed by atoms with Crippen molar-refractivity contribution in [1.82, 2.24) is 10.3 Å². The van der Waals surface area contributed by atoms with E-state index in [-0.39, 0.29) is 12.6 Å². The van der Waals surface area contributed by atoms with Gasteiger partial charge in [0.1, 0.15) is 23.7 Å². The van der Waals surface area contributed by atoms with Crippen LogP contribution >= 0.6 is 11.6 Å². The van der Waals surface area contributed by atoms with E-state index >= 15 is 0 Å². The molecule has 0 aliphatic rings. The number of pyridine rings is 1. The maximum Gasteiger partial charge on any atom is 0.407 e. The van der Waals surface area contributed by atoms with E-state index in [2.05, 4.69) is 17.2 Å². The Morgan fingerprint density at radius 3 is 2.59 bits per heavy atom. The van der Waals surface area contributed by atoms with Crippen molar-refractivity contribution in [2.45, 2.75) is 59.1 Å². The third kappa shape index (κ3) is 8.20. The van der Waals surface area contributed by atoms with Gasteiger partial charge in [-0.05, 0) is 57.9 Å². The second-order valence-corrected chi connectivity index (χ2v) is 8.21. The molecule has 1 atom stereocenters. The predicted octanol–water partition coefficient (Wildman–Crippen LogP) is 5.77. The summed E-state index contributed by atoms with van der Waals surface area (Å²) in [4.78, 5) is 16.0. The van der Waals surface area contributed by atoms with Crippen LogP contribution in [0.1, 0.15) is 46.6 Å². The van der Waals surface area contributed by atoms with Crippen molar-refractivity contribution in [3.05, 3.63) is 47.1 Å². The van der Waals surface area contributed by atoms with Crippen LogP contribution in [0.2, 0.25) is 5.02 Å². The molecule has 0 spiro atoms. The number of aryl methyl sites for hydroxylation is 1. The second kappa shape index (κ2) is 10.3. The van der Waals surface area contributed by atoms with Gasteiger partial charge >= 0.3 is 6.09 Å². The van der Waals surface area contributed by atoms with Gasteiger partial charge in [0.2, 0.25) is 5.88 Å². The average molecular weight is 421 g/mol. The van der Waals surface area contributed by atoms with Crippen molar-refractivity contribution in [3.63, 3.8) is 0 Å². The van der Waals surface area contributed by atoms with Crippen LogP contribution in [-0.2, 0) is 11.2 Å². The van der Waals surface area contributed by atoms with Crippen molar-refractivity contribution in [2.75, 3.05) is 6.61 Å². The van der Waals surface area contributed by atoms with Gasteiger partial charge in [-0.2, -0.15) is 0 Å². The van der Waals surface area contributed by atoms with Crippen molar-refractivity contribution in [1.29, 1.82) is 0 Å². The lowest BCUT2D eigenvalue weighted by Gasteiger charge is -2.22. The Kier molecular flexibility index (Phi) is 8.14. The van der Waals surface area contributed by atoms with Crippen LogP contribution in [0.15, 0.2) is 36.5 Å². The highest BCUT2D eigenvalue weighted by Crippen LogP contribution is 2.30. The summed E-state index contributed by atoms with van der Waals surface area (Å²) >= 11 is 6.29. The Bertz CT molecular complexity index is 803. The SMILES string of the molecule is CCCc1ccc(Oc2ccc(OCC(C)NC(=O)OC(C)(C)C)cn2)c(Cl)c1. The predicted molar refractivity (Wildman–Crippen MR) is 114 cm³/mol. The zero-order valence-electron chi connectivity index (χ0n) is 17.6.